The van der Waals surface area contributed by atoms with Gasteiger partial charge in [-0.25, -0.2) is 4.79 Å². The fourth-order valence-corrected chi connectivity index (χ4v) is 1.92. The highest BCUT2D eigenvalue weighted by Crippen LogP contribution is 2.17. The first-order chi connectivity index (χ1) is 7.44. The number of nitrogens with zero attached hydrogens (tertiary/aromatic N) is 1. The van der Waals surface area contributed by atoms with Crippen LogP contribution in [0.3, 0.4) is 0 Å². The molecule has 4 heteroatoms. The van der Waals surface area contributed by atoms with E-state index in [1.807, 2.05) is 18.7 Å². The maximum absolute atomic E-state index is 11.9. The number of carbonyl (C=O) groups excluding carboxylic acids is 1. The normalized spacial score (nSPS) is 18.6. The number of nitrogens with one attached hydrogen (secondary N) is 1. The van der Waals surface area contributed by atoms with Gasteiger partial charge < -0.3 is 15.3 Å². The average Bonchev–Trinajstić information content (AvgIpc) is 2.17. The number of aliphatic hydroxyl groups is 1. The van der Waals surface area contributed by atoms with Gasteiger partial charge in [0.05, 0.1) is 0 Å². The van der Waals surface area contributed by atoms with Crippen molar-refractivity contribution in [2.45, 2.75) is 45.6 Å². The highest BCUT2D eigenvalue weighted by Gasteiger charge is 2.25. The van der Waals surface area contributed by atoms with E-state index in [0.717, 1.165) is 31.8 Å². The Morgan fingerprint density at radius 3 is 2.50 bits per heavy atom. The van der Waals surface area contributed by atoms with Crippen LogP contribution >= 0.6 is 0 Å². The second kappa shape index (κ2) is 5.53. The molecule has 1 heterocycles. The summed E-state index contributed by atoms with van der Waals surface area (Å²) in [6.07, 6.45) is 2.77. The number of hydrogen-bond acceptors (Lipinski definition) is 2. The fourth-order valence-electron chi connectivity index (χ4n) is 1.92. The van der Waals surface area contributed by atoms with Gasteiger partial charge >= 0.3 is 6.03 Å². The SMILES string of the molecule is CC1CCN(C(=O)NC(C)(C)CCO)CC1. The molecule has 16 heavy (non-hydrogen) atoms. The lowest BCUT2D eigenvalue weighted by atomic mass is 9.99. The van der Waals surface area contributed by atoms with Gasteiger partial charge in [-0.05, 0) is 39.0 Å². The van der Waals surface area contributed by atoms with Crippen LogP contribution in [-0.2, 0) is 0 Å². The van der Waals surface area contributed by atoms with E-state index in [9.17, 15) is 4.79 Å². The van der Waals surface area contributed by atoms with E-state index >= 15 is 0 Å². The smallest absolute Gasteiger partial charge is 0.317 e. The third kappa shape index (κ3) is 4.00. The van der Waals surface area contributed by atoms with Gasteiger partial charge in [-0.3, -0.25) is 0 Å². The van der Waals surface area contributed by atoms with Crippen molar-refractivity contribution in [2.24, 2.45) is 5.92 Å². The number of hydrogen-bond donors (Lipinski definition) is 2. The predicted molar refractivity (Wildman–Crippen MR) is 64.3 cm³/mol. The van der Waals surface area contributed by atoms with Gasteiger partial charge in [0.1, 0.15) is 0 Å². The summed E-state index contributed by atoms with van der Waals surface area (Å²) in [5.74, 6) is 0.731. The van der Waals surface area contributed by atoms with Crippen molar-refractivity contribution in [1.82, 2.24) is 10.2 Å². The Hall–Kier alpha value is -0.770. The Bertz CT molecular complexity index is 233. The van der Waals surface area contributed by atoms with Crippen LogP contribution in [0.15, 0.2) is 0 Å². The molecule has 1 aliphatic rings. The summed E-state index contributed by atoms with van der Waals surface area (Å²) in [4.78, 5) is 13.8. The van der Waals surface area contributed by atoms with Crippen LogP contribution < -0.4 is 5.32 Å². The van der Waals surface area contributed by atoms with Gasteiger partial charge in [-0.2, -0.15) is 0 Å². The molecular formula is C12H24N2O2. The molecule has 0 spiro atoms. The minimum atomic E-state index is -0.325. The van der Waals surface area contributed by atoms with Crippen LogP contribution in [0.25, 0.3) is 0 Å². The van der Waals surface area contributed by atoms with Gasteiger partial charge in [0.15, 0.2) is 0 Å². The monoisotopic (exact) mass is 228 g/mol. The number of amides is 2. The van der Waals surface area contributed by atoms with Gasteiger partial charge in [-0.1, -0.05) is 6.92 Å². The number of urea groups is 1. The summed E-state index contributed by atoms with van der Waals surface area (Å²) < 4.78 is 0. The zero-order chi connectivity index (χ0) is 12.2. The molecule has 0 unspecified atom stereocenters. The lowest BCUT2D eigenvalue weighted by Gasteiger charge is -2.34. The maximum Gasteiger partial charge on any atom is 0.317 e. The molecule has 4 nitrogen and oxygen atoms in total. The largest absolute Gasteiger partial charge is 0.396 e. The fraction of sp³-hybridized carbons (Fsp3) is 0.917. The Balaban J connectivity index is 2.40. The van der Waals surface area contributed by atoms with Crippen molar-refractivity contribution in [3.05, 3.63) is 0 Å². The number of piperidine rings is 1. The molecule has 2 amide bonds. The summed E-state index contributed by atoms with van der Waals surface area (Å²) in [6, 6.07) is 0.00495. The summed E-state index contributed by atoms with van der Waals surface area (Å²) in [6.45, 7) is 7.90. The first-order valence-corrected chi connectivity index (χ1v) is 6.12. The second-order valence-electron chi connectivity index (χ2n) is 5.46. The lowest BCUT2D eigenvalue weighted by molar-refractivity contribution is 0.158. The molecule has 1 fully saturated rings. The van der Waals surface area contributed by atoms with Crippen molar-refractivity contribution in [3.63, 3.8) is 0 Å². The first-order valence-electron chi connectivity index (χ1n) is 6.12. The molecule has 94 valence electrons. The Kier molecular flexibility index (Phi) is 4.59. The van der Waals surface area contributed by atoms with Crippen molar-refractivity contribution < 1.29 is 9.90 Å². The Labute approximate surface area is 98.0 Å². The van der Waals surface area contributed by atoms with Crippen LogP contribution in [0.2, 0.25) is 0 Å². The van der Waals surface area contributed by atoms with E-state index in [0.29, 0.717) is 6.42 Å². The van der Waals surface area contributed by atoms with Crippen LogP contribution in [-0.4, -0.2) is 41.3 Å². The zero-order valence-electron chi connectivity index (χ0n) is 10.6. The molecule has 0 radical (unpaired) electrons. The predicted octanol–water partition coefficient (Wildman–Crippen LogP) is 1.59. The van der Waals surface area contributed by atoms with Crippen LogP contribution in [0, 0.1) is 5.92 Å². The van der Waals surface area contributed by atoms with E-state index in [1.165, 1.54) is 0 Å². The highest BCUT2D eigenvalue weighted by molar-refractivity contribution is 5.75. The molecule has 2 N–H and O–H groups in total. The lowest BCUT2D eigenvalue weighted by Crippen LogP contribution is -2.52. The van der Waals surface area contributed by atoms with Crippen molar-refractivity contribution in [3.8, 4) is 0 Å². The average molecular weight is 228 g/mol. The summed E-state index contributed by atoms with van der Waals surface area (Å²) in [5, 5.41) is 11.9. The van der Waals surface area contributed by atoms with Crippen LogP contribution in [0.5, 0.6) is 0 Å². The molecule has 0 atom stereocenters. The highest BCUT2D eigenvalue weighted by atomic mass is 16.3. The van der Waals surface area contributed by atoms with Gasteiger partial charge in [0.25, 0.3) is 0 Å². The van der Waals surface area contributed by atoms with Gasteiger partial charge in [-0.15, -0.1) is 0 Å². The second-order valence-corrected chi connectivity index (χ2v) is 5.46. The molecule has 0 bridgehead atoms. The number of aliphatic hydroxyl groups excluding tert-OH is 1. The van der Waals surface area contributed by atoms with E-state index in [-0.39, 0.29) is 18.2 Å². The van der Waals surface area contributed by atoms with E-state index < -0.39 is 0 Å². The zero-order valence-corrected chi connectivity index (χ0v) is 10.6. The minimum absolute atomic E-state index is 0.00495. The summed E-state index contributed by atoms with van der Waals surface area (Å²) in [5.41, 5.74) is -0.325. The minimum Gasteiger partial charge on any atom is -0.396 e. The summed E-state index contributed by atoms with van der Waals surface area (Å²) >= 11 is 0. The third-order valence-electron chi connectivity index (χ3n) is 3.25. The topological polar surface area (TPSA) is 52.6 Å². The van der Waals surface area contributed by atoms with Crippen LogP contribution in [0.1, 0.15) is 40.0 Å². The quantitative estimate of drug-likeness (QED) is 0.770. The number of rotatable bonds is 3. The van der Waals surface area contributed by atoms with E-state index in [2.05, 4.69) is 12.2 Å². The Morgan fingerprint density at radius 1 is 1.44 bits per heavy atom. The molecule has 0 aromatic heterocycles. The van der Waals surface area contributed by atoms with Crippen molar-refractivity contribution in [1.29, 1.82) is 0 Å². The number of likely N-dealkylation sites (tertiary alicyclic amines) is 1. The molecule has 1 aliphatic heterocycles. The van der Waals surface area contributed by atoms with E-state index in [4.69, 9.17) is 5.11 Å². The van der Waals surface area contributed by atoms with E-state index in [1.54, 1.807) is 0 Å². The molecule has 1 saturated heterocycles. The van der Waals surface area contributed by atoms with Crippen molar-refractivity contribution in [2.75, 3.05) is 19.7 Å². The standard InChI is InChI=1S/C12H24N2O2/c1-10-4-7-14(8-5-10)11(16)13-12(2,3)6-9-15/h10,15H,4-9H2,1-3H3,(H,13,16). The first kappa shape index (κ1) is 13.3. The maximum atomic E-state index is 11.9. The molecule has 0 aromatic carbocycles. The van der Waals surface area contributed by atoms with Crippen molar-refractivity contribution >= 4 is 6.03 Å². The van der Waals surface area contributed by atoms with Gasteiger partial charge in [0.2, 0.25) is 0 Å². The van der Waals surface area contributed by atoms with Gasteiger partial charge in [0, 0.05) is 25.2 Å². The summed E-state index contributed by atoms with van der Waals surface area (Å²) in [7, 11) is 0. The molecule has 1 rings (SSSR count). The number of carbonyl (C=O) groups is 1. The Morgan fingerprint density at radius 2 is 2.00 bits per heavy atom. The van der Waals surface area contributed by atoms with Crippen LogP contribution in [0.4, 0.5) is 4.79 Å². The molecule has 0 saturated carbocycles. The molecular weight excluding hydrogens is 204 g/mol. The molecule has 0 aromatic rings. The molecule has 0 aliphatic carbocycles. The third-order valence-corrected chi connectivity index (χ3v) is 3.25.